The molecule has 2 aromatic carbocycles. The zero-order chi connectivity index (χ0) is 20.4. The van der Waals surface area contributed by atoms with Crippen LogP contribution in [0.25, 0.3) is 0 Å². The van der Waals surface area contributed by atoms with E-state index in [9.17, 15) is 19.8 Å². The van der Waals surface area contributed by atoms with Crippen LogP contribution in [0, 0.1) is 11.8 Å². The molecular weight excluding hydrogens is 352 g/mol. The first-order valence-electron chi connectivity index (χ1n) is 9.65. The van der Waals surface area contributed by atoms with Gasteiger partial charge in [0.2, 0.25) is 0 Å². The maximum absolute atomic E-state index is 13.4. The summed E-state index contributed by atoms with van der Waals surface area (Å²) in [6.07, 6.45) is 0. The minimum atomic E-state index is -1.64. The minimum absolute atomic E-state index is 0.0149. The summed E-state index contributed by atoms with van der Waals surface area (Å²) in [5, 5.41) is 23.6. The van der Waals surface area contributed by atoms with E-state index in [1.807, 2.05) is 27.7 Å². The lowest BCUT2D eigenvalue weighted by Gasteiger charge is -2.35. The van der Waals surface area contributed by atoms with Crippen LogP contribution >= 0.6 is 0 Å². The zero-order valence-electron chi connectivity index (χ0n) is 16.5. The highest BCUT2D eigenvalue weighted by molar-refractivity contribution is 6.24. The first kappa shape index (κ1) is 18.8. The molecule has 0 saturated carbocycles. The molecule has 0 fully saturated rings. The van der Waals surface area contributed by atoms with Gasteiger partial charge in [-0.2, -0.15) is 0 Å². The molecule has 2 atom stereocenters. The van der Waals surface area contributed by atoms with E-state index in [0.717, 1.165) is 0 Å². The van der Waals surface area contributed by atoms with Gasteiger partial charge in [-0.05, 0) is 23.0 Å². The second-order valence-electron chi connectivity index (χ2n) is 8.34. The van der Waals surface area contributed by atoms with Crippen LogP contribution in [0.3, 0.4) is 0 Å². The summed E-state index contributed by atoms with van der Waals surface area (Å²) in [5.41, 5.74) is -1.48. The highest BCUT2D eigenvalue weighted by Crippen LogP contribution is 2.54. The highest BCUT2D eigenvalue weighted by Gasteiger charge is 2.58. The Labute approximate surface area is 164 Å². The van der Waals surface area contributed by atoms with Gasteiger partial charge in [0.25, 0.3) is 0 Å². The number of ketones is 2. The molecule has 0 unspecified atom stereocenters. The lowest BCUT2D eigenvalue weighted by molar-refractivity contribution is 0.0104. The first-order valence-corrected chi connectivity index (χ1v) is 9.65. The molecule has 2 aliphatic carbocycles. The van der Waals surface area contributed by atoms with Gasteiger partial charge in [0.15, 0.2) is 11.6 Å². The average Bonchev–Trinajstić information content (AvgIpc) is 3.04. The lowest BCUT2D eigenvalue weighted by atomic mass is 9.73. The van der Waals surface area contributed by atoms with Gasteiger partial charge in [0, 0.05) is 22.3 Å². The maximum atomic E-state index is 13.4. The van der Waals surface area contributed by atoms with Crippen molar-refractivity contribution in [3.8, 4) is 0 Å². The molecule has 4 nitrogen and oxygen atoms in total. The standard InChI is InChI=1S/C24H24O4/c1-13(2)23(27)17-11-7-5-9-15(17)21(25)19(23)20-22(26)16-10-6-8-12-18(16)24(20,28)14(3)4/h5-14,27-28H,1-4H3/b20-19-/t23-,24+. The molecule has 28 heavy (non-hydrogen) atoms. The summed E-state index contributed by atoms with van der Waals surface area (Å²) < 4.78 is 0. The van der Waals surface area contributed by atoms with E-state index in [4.69, 9.17) is 0 Å². The van der Waals surface area contributed by atoms with Crippen LogP contribution in [-0.2, 0) is 11.2 Å². The van der Waals surface area contributed by atoms with Crippen molar-refractivity contribution in [1.82, 2.24) is 0 Å². The van der Waals surface area contributed by atoms with Gasteiger partial charge in [-0.3, -0.25) is 9.59 Å². The number of hydrogen-bond acceptors (Lipinski definition) is 4. The fraction of sp³-hybridized carbons (Fsp3) is 0.333. The van der Waals surface area contributed by atoms with E-state index in [-0.39, 0.29) is 34.5 Å². The molecule has 0 aromatic heterocycles. The van der Waals surface area contributed by atoms with Crippen molar-refractivity contribution in [3.05, 3.63) is 81.9 Å². The molecule has 4 heteroatoms. The van der Waals surface area contributed by atoms with E-state index >= 15 is 0 Å². The van der Waals surface area contributed by atoms with E-state index in [0.29, 0.717) is 22.3 Å². The van der Waals surface area contributed by atoms with Crippen molar-refractivity contribution in [1.29, 1.82) is 0 Å². The summed E-state index contributed by atoms with van der Waals surface area (Å²) in [7, 11) is 0. The summed E-state index contributed by atoms with van der Waals surface area (Å²) in [6.45, 7) is 7.27. The number of Topliss-reactive ketones (excluding diaryl/α,β-unsaturated/α-hetero) is 2. The summed E-state index contributed by atoms with van der Waals surface area (Å²) in [5.74, 6) is -1.50. The SMILES string of the molecule is CC(C)[C@@]1(O)/C(=C2/C(=O)c3ccccc3[C@]2(O)C(C)C)C(=O)c2ccccc21. The van der Waals surface area contributed by atoms with E-state index < -0.39 is 11.2 Å². The average molecular weight is 376 g/mol. The third-order valence-corrected chi connectivity index (χ3v) is 6.30. The van der Waals surface area contributed by atoms with Crippen molar-refractivity contribution >= 4 is 11.6 Å². The number of hydrogen-bond donors (Lipinski definition) is 2. The molecule has 2 aliphatic rings. The molecule has 0 bridgehead atoms. The van der Waals surface area contributed by atoms with E-state index in [1.54, 1.807) is 48.5 Å². The number of fused-ring (bicyclic) bond motifs is 2. The Balaban J connectivity index is 2.14. The fourth-order valence-electron chi connectivity index (χ4n) is 4.72. The number of carbonyl (C=O) groups is 2. The lowest BCUT2D eigenvalue weighted by Crippen LogP contribution is -2.39. The monoisotopic (exact) mass is 376 g/mol. The zero-order valence-corrected chi connectivity index (χ0v) is 16.5. The van der Waals surface area contributed by atoms with Crippen molar-refractivity contribution in [3.63, 3.8) is 0 Å². The smallest absolute Gasteiger partial charge is 0.193 e. The molecular formula is C24H24O4. The number of benzene rings is 2. The van der Waals surface area contributed by atoms with Crippen LogP contribution in [0.2, 0.25) is 0 Å². The molecule has 0 radical (unpaired) electrons. The van der Waals surface area contributed by atoms with Gasteiger partial charge in [-0.15, -0.1) is 0 Å². The van der Waals surface area contributed by atoms with Crippen molar-refractivity contribution in [2.45, 2.75) is 38.9 Å². The molecule has 4 rings (SSSR count). The number of rotatable bonds is 2. The molecule has 0 spiro atoms. The van der Waals surface area contributed by atoms with Gasteiger partial charge in [0.1, 0.15) is 11.2 Å². The van der Waals surface area contributed by atoms with Gasteiger partial charge >= 0.3 is 0 Å². The second-order valence-corrected chi connectivity index (χ2v) is 8.34. The van der Waals surface area contributed by atoms with Crippen LogP contribution in [0.5, 0.6) is 0 Å². The number of carbonyl (C=O) groups excluding carboxylic acids is 2. The van der Waals surface area contributed by atoms with Crippen LogP contribution in [0.15, 0.2) is 59.7 Å². The predicted octanol–water partition coefficient (Wildman–Crippen LogP) is 3.76. The molecule has 2 aromatic rings. The largest absolute Gasteiger partial charge is 0.380 e. The molecule has 0 aliphatic heterocycles. The topological polar surface area (TPSA) is 74.6 Å². The molecule has 2 N–H and O–H groups in total. The van der Waals surface area contributed by atoms with E-state index in [1.165, 1.54) is 0 Å². The minimum Gasteiger partial charge on any atom is -0.380 e. The van der Waals surface area contributed by atoms with Gasteiger partial charge in [-0.1, -0.05) is 76.2 Å². The summed E-state index contributed by atoms with van der Waals surface area (Å²) in [6, 6.07) is 13.8. The van der Waals surface area contributed by atoms with Crippen molar-refractivity contribution < 1.29 is 19.8 Å². The molecule has 0 saturated heterocycles. The van der Waals surface area contributed by atoms with E-state index in [2.05, 4.69) is 0 Å². The number of aliphatic hydroxyl groups is 2. The normalized spacial score (nSPS) is 29.0. The first-order chi connectivity index (χ1) is 13.2. The molecule has 144 valence electrons. The Morgan fingerprint density at radius 1 is 0.643 bits per heavy atom. The van der Waals surface area contributed by atoms with Crippen LogP contribution in [-0.4, -0.2) is 21.8 Å². The Bertz CT molecular complexity index is 963. The summed E-state index contributed by atoms with van der Waals surface area (Å²) >= 11 is 0. The van der Waals surface area contributed by atoms with Crippen LogP contribution in [0.1, 0.15) is 59.5 Å². The maximum Gasteiger partial charge on any atom is 0.193 e. The van der Waals surface area contributed by atoms with Crippen LogP contribution in [0.4, 0.5) is 0 Å². The second kappa shape index (κ2) is 5.97. The van der Waals surface area contributed by atoms with Gasteiger partial charge in [0.05, 0.1) is 0 Å². The Morgan fingerprint density at radius 3 is 1.29 bits per heavy atom. The van der Waals surface area contributed by atoms with Crippen molar-refractivity contribution in [2.75, 3.05) is 0 Å². The quantitative estimate of drug-likeness (QED) is 0.783. The molecule has 0 amide bonds. The van der Waals surface area contributed by atoms with Gasteiger partial charge in [-0.25, -0.2) is 0 Å². The van der Waals surface area contributed by atoms with Crippen LogP contribution < -0.4 is 0 Å². The Kier molecular flexibility index (Phi) is 4.00. The Hall–Kier alpha value is -2.56. The Morgan fingerprint density at radius 2 is 0.964 bits per heavy atom. The third-order valence-electron chi connectivity index (χ3n) is 6.30. The highest BCUT2D eigenvalue weighted by atomic mass is 16.3. The fourth-order valence-corrected chi connectivity index (χ4v) is 4.72. The summed E-state index contributed by atoms with van der Waals surface area (Å²) in [4.78, 5) is 26.9. The third kappa shape index (κ3) is 2.07. The predicted molar refractivity (Wildman–Crippen MR) is 106 cm³/mol. The van der Waals surface area contributed by atoms with Crippen molar-refractivity contribution in [2.24, 2.45) is 11.8 Å². The van der Waals surface area contributed by atoms with Gasteiger partial charge < -0.3 is 10.2 Å². The molecule has 0 heterocycles.